The summed E-state index contributed by atoms with van der Waals surface area (Å²) < 4.78 is 0. The Bertz CT molecular complexity index is 617. The highest BCUT2D eigenvalue weighted by Crippen LogP contribution is 2.38. The Morgan fingerprint density at radius 1 is 1.00 bits per heavy atom. The number of aryl methyl sites for hydroxylation is 2. The number of halogens is 1. The molecule has 0 saturated heterocycles. The van der Waals surface area contributed by atoms with Crippen LogP contribution in [0.4, 0.5) is 0 Å². The van der Waals surface area contributed by atoms with Gasteiger partial charge in [-0.1, -0.05) is 61.8 Å². The Morgan fingerprint density at radius 2 is 1.62 bits per heavy atom. The van der Waals surface area contributed by atoms with E-state index in [1.54, 1.807) is 0 Å². The van der Waals surface area contributed by atoms with Gasteiger partial charge in [-0.15, -0.1) is 0 Å². The highest BCUT2D eigenvalue weighted by Gasteiger charge is 2.32. The van der Waals surface area contributed by atoms with Gasteiger partial charge in [0.1, 0.15) is 0 Å². The molecule has 2 aromatic carbocycles. The Morgan fingerprint density at radius 3 is 2.19 bits per heavy atom. The Labute approximate surface area is 133 Å². The van der Waals surface area contributed by atoms with Gasteiger partial charge in [-0.05, 0) is 49.2 Å². The fourth-order valence-electron chi connectivity index (χ4n) is 3.05. The van der Waals surface area contributed by atoms with Gasteiger partial charge in [-0.3, -0.25) is 0 Å². The quantitative estimate of drug-likeness (QED) is 0.819. The van der Waals surface area contributed by atoms with Gasteiger partial charge >= 0.3 is 0 Å². The molecular weight excluding hydrogens is 278 g/mol. The second kappa shape index (κ2) is 6.21. The van der Waals surface area contributed by atoms with Gasteiger partial charge < -0.3 is 5.32 Å². The van der Waals surface area contributed by atoms with Gasteiger partial charge in [0.2, 0.25) is 0 Å². The zero-order chi connectivity index (χ0) is 15.6. The molecule has 0 spiro atoms. The highest BCUT2D eigenvalue weighted by molar-refractivity contribution is 6.31. The van der Waals surface area contributed by atoms with E-state index < -0.39 is 0 Å². The molecule has 0 radical (unpaired) electrons. The molecule has 2 aromatic rings. The lowest BCUT2D eigenvalue weighted by Crippen LogP contribution is -2.36. The first kappa shape index (κ1) is 16.1. The molecule has 21 heavy (non-hydrogen) atoms. The van der Waals surface area contributed by atoms with Crippen LogP contribution in [0.2, 0.25) is 5.02 Å². The van der Waals surface area contributed by atoms with Crippen molar-refractivity contribution in [3.63, 3.8) is 0 Å². The summed E-state index contributed by atoms with van der Waals surface area (Å²) in [6.45, 7) is 8.76. The summed E-state index contributed by atoms with van der Waals surface area (Å²) in [5.74, 6) is 0. The van der Waals surface area contributed by atoms with E-state index in [1.165, 1.54) is 16.7 Å². The van der Waals surface area contributed by atoms with Crippen molar-refractivity contribution in [2.24, 2.45) is 0 Å². The average molecular weight is 302 g/mol. The summed E-state index contributed by atoms with van der Waals surface area (Å²) in [6, 6.07) is 15.2. The van der Waals surface area contributed by atoms with Crippen LogP contribution >= 0.6 is 11.6 Å². The average Bonchev–Trinajstić information content (AvgIpc) is 2.46. The molecule has 0 aliphatic carbocycles. The van der Waals surface area contributed by atoms with Crippen LogP contribution in [0, 0.1) is 13.8 Å². The van der Waals surface area contributed by atoms with Crippen LogP contribution in [0.1, 0.15) is 42.1 Å². The number of likely N-dealkylation sites (N-methyl/N-ethyl adjacent to an activating group) is 1. The van der Waals surface area contributed by atoms with E-state index in [1.807, 2.05) is 7.05 Å². The first-order valence-electron chi connectivity index (χ1n) is 7.37. The van der Waals surface area contributed by atoms with Gasteiger partial charge in [0, 0.05) is 16.5 Å². The number of rotatable bonds is 4. The van der Waals surface area contributed by atoms with Gasteiger partial charge in [0.25, 0.3) is 0 Å². The highest BCUT2D eigenvalue weighted by atomic mass is 35.5. The molecule has 1 atom stereocenters. The van der Waals surface area contributed by atoms with Crippen LogP contribution in [0.3, 0.4) is 0 Å². The van der Waals surface area contributed by atoms with Crippen LogP contribution in [0.15, 0.2) is 42.5 Å². The van der Waals surface area contributed by atoms with Gasteiger partial charge in [-0.25, -0.2) is 0 Å². The second-order valence-electron chi connectivity index (χ2n) is 6.27. The molecule has 2 rings (SSSR count). The van der Waals surface area contributed by atoms with Gasteiger partial charge in [0.15, 0.2) is 0 Å². The third-order valence-corrected chi connectivity index (χ3v) is 4.79. The first-order valence-corrected chi connectivity index (χ1v) is 7.75. The Hall–Kier alpha value is -1.31. The summed E-state index contributed by atoms with van der Waals surface area (Å²) >= 11 is 6.24. The van der Waals surface area contributed by atoms with E-state index in [0.717, 1.165) is 10.6 Å². The van der Waals surface area contributed by atoms with Crippen molar-refractivity contribution in [1.29, 1.82) is 0 Å². The van der Waals surface area contributed by atoms with Crippen molar-refractivity contribution in [3.05, 3.63) is 69.7 Å². The minimum Gasteiger partial charge on any atom is -0.312 e. The predicted molar refractivity (Wildman–Crippen MR) is 92.2 cm³/mol. The number of hydrogen-bond donors (Lipinski definition) is 1. The van der Waals surface area contributed by atoms with E-state index in [9.17, 15) is 0 Å². The van der Waals surface area contributed by atoms with E-state index in [2.05, 4.69) is 75.5 Å². The fourth-order valence-corrected chi connectivity index (χ4v) is 3.27. The molecule has 0 aromatic heterocycles. The smallest absolute Gasteiger partial charge is 0.0438 e. The van der Waals surface area contributed by atoms with Crippen molar-refractivity contribution in [2.45, 2.75) is 39.2 Å². The molecule has 1 nitrogen and oxygen atoms in total. The summed E-state index contributed by atoms with van der Waals surface area (Å²) in [5.41, 5.74) is 4.99. The molecule has 1 N–H and O–H groups in total. The summed E-state index contributed by atoms with van der Waals surface area (Å²) in [6.07, 6.45) is 0. The lowest BCUT2D eigenvalue weighted by atomic mass is 9.74. The van der Waals surface area contributed by atoms with E-state index in [-0.39, 0.29) is 11.5 Å². The van der Waals surface area contributed by atoms with Crippen molar-refractivity contribution < 1.29 is 0 Å². The third kappa shape index (κ3) is 3.14. The molecule has 0 bridgehead atoms. The standard InChI is InChI=1S/C19H24ClN/c1-13-12-17(20)14(2)11-16(13)18(21-5)19(3,4)15-9-7-6-8-10-15/h6-12,18,21H,1-5H3. The summed E-state index contributed by atoms with van der Waals surface area (Å²) in [7, 11) is 2.03. The zero-order valence-corrected chi connectivity index (χ0v) is 14.3. The van der Waals surface area contributed by atoms with Crippen LogP contribution in [0.25, 0.3) is 0 Å². The molecule has 0 aliphatic heterocycles. The molecular formula is C19H24ClN. The largest absolute Gasteiger partial charge is 0.312 e. The Kier molecular flexibility index (Phi) is 4.75. The van der Waals surface area contributed by atoms with Crippen LogP contribution in [-0.4, -0.2) is 7.05 Å². The van der Waals surface area contributed by atoms with Crippen molar-refractivity contribution in [2.75, 3.05) is 7.05 Å². The maximum absolute atomic E-state index is 6.24. The maximum atomic E-state index is 6.24. The number of benzene rings is 2. The SMILES string of the molecule is CNC(c1cc(C)c(Cl)cc1C)C(C)(C)c1ccccc1. The summed E-state index contributed by atoms with van der Waals surface area (Å²) in [4.78, 5) is 0. The topological polar surface area (TPSA) is 12.0 Å². The van der Waals surface area contributed by atoms with Crippen LogP contribution < -0.4 is 5.32 Å². The maximum Gasteiger partial charge on any atom is 0.0438 e. The molecule has 112 valence electrons. The lowest BCUT2D eigenvalue weighted by Gasteiger charge is -2.36. The lowest BCUT2D eigenvalue weighted by molar-refractivity contribution is 0.367. The minimum atomic E-state index is -0.0129. The molecule has 0 amide bonds. The van der Waals surface area contributed by atoms with E-state index in [4.69, 9.17) is 11.6 Å². The molecule has 0 heterocycles. The van der Waals surface area contributed by atoms with Crippen LogP contribution in [0.5, 0.6) is 0 Å². The predicted octanol–water partition coefficient (Wildman–Crippen LogP) is 5.20. The number of nitrogens with one attached hydrogen (secondary N) is 1. The first-order chi connectivity index (χ1) is 9.87. The van der Waals surface area contributed by atoms with Crippen molar-refractivity contribution in [1.82, 2.24) is 5.32 Å². The van der Waals surface area contributed by atoms with Crippen molar-refractivity contribution >= 4 is 11.6 Å². The fraction of sp³-hybridized carbons (Fsp3) is 0.368. The van der Waals surface area contributed by atoms with Crippen molar-refractivity contribution in [3.8, 4) is 0 Å². The van der Waals surface area contributed by atoms with Gasteiger partial charge in [0.05, 0.1) is 0 Å². The minimum absolute atomic E-state index is 0.0129. The van der Waals surface area contributed by atoms with E-state index in [0.29, 0.717) is 0 Å². The molecule has 0 fully saturated rings. The van der Waals surface area contributed by atoms with Gasteiger partial charge in [-0.2, -0.15) is 0 Å². The summed E-state index contributed by atoms with van der Waals surface area (Å²) in [5, 5.41) is 4.34. The number of hydrogen-bond acceptors (Lipinski definition) is 1. The molecule has 2 heteroatoms. The van der Waals surface area contributed by atoms with E-state index >= 15 is 0 Å². The molecule has 1 unspecified atom stereocenters. The third-order valence-electron chi connectivity index (χ3n) is 4.39. The monoisotopic (exact) mass is 301 g/mol. The normalized spacial score (nSPS) is 13.2. The zero-order valence-electron chi connectivity index (χ0n) is 13.5. The Balaban J connectivity index is 2.51. The van der Waals surface area contributed by atoms with Crippen LogP contribution in [-0.2, 0) is 5.41 Å². The molecule has 0 aliphatic rings. The molecule has 0 saturated carbocycles. The second-order valence-corrected chi connectivity index (χ2v) is 6.67.